The Hall–Kier alpha value is -1.87. The molecule has 0 aromatic heterocycles. The Bertz CT molecular complexity index is 366. The van der Waals surface area contributed by atoms with Crippen LogP contribution >= 0.6 is 0 Å². The number of rotatable bonds is 4. The van der Waals surface area contributed by atoms with E-state index in [-0.39, 0.29) is 5.91 Å². The van der Waals surface area contributed by atoms with E-state index in [2.05, 4.69) is 11.9 Å². The maximum Gasteiger partial charge on any atom is 0.248 e. The lowest BCUT2D eigenvalue weighted by molar-refractivity contribution is -0.111. The number of amides is 1. The zero-order chi connectivity index (χ0) is 11.1. The Kier molecular flexibility index (Phi) is 4.31. The van der Waals surface area contributed by atoms with Crippen LogP contribution in [-0.2, 0) is 11.3 Å². The van der Waals surface area contributed by atoms with Crippen molar-refractivity contribution in [3.63, 3.8) is 0 Å². The maximum atomic E-state index is 11.3. The van der Waals surface area contributed by atoms with Gasteiger partial charge in [-0.15, -0.1) is 0 Å². The highest BCUT2D eigenvalue weighted by Crippen LogP contribution is 2.08. The fourth-order valence-corrected chi connectivity index (χ4v) is 1.06. The molecule has 3 heteroatoms. The van der Waals surface area contributed by atoms with Gasteiger partial charge in [-0.05, 0) is 17.7 Å². The van der Waals surface area contributed by atoms with E-state index >= 15 is 0 Å². The number of carbonyl (C=O) groups is 1. The number of benzene rings is 1. The average Bonchev–Trinajstić information content (AvgIpc) is 2.27. The second-order valence-electron chi connectivity index (χ2n) is 2.99. The minimum atomic E-state index is -0.171. The highest BCUT2D eigenvalue weighted by atomic mass is 16.1. The molecule has 1 aromatic carbocycles. The molecule has 0 aliphatic carbocycles. The van der Waals surface area contributed by atoms with Gasteiger partial charge in [0, 0.05) is 18.3 Å². The van der Waals surface area contributed by atoms with E-state index in [0.717, 1.165) is 11.3 Å². The van der Waals surface area contributed by atoms with Crippen LogP contribution in [0.1, 0.15) is 5.56 Å². The molecule has 0 fully saturated rings. The summed E-state index contributed by atoms with van der Waals surface area (Å²) in [5.74, 6) is -0.171. The number of hydrogen-bond acceptors (Lipinski definition) is 2. The highest BCUT2D eigenvalue weighted by Gasteiger charge is 1.96. The molecule has 15 heavy (non-hydrogen) atoms. The summed E-state index contributed by atoms with van der Waals surface area (Å²) >= 11 is 0. The number of anilines is 1. The first-order chi connectivity index (χ1) is 7.26. The monoisotopic (exact) mass is 202 g/mol. The van der Waals surface area contributed by atoms with Gasteiger partial charge in [0.05, 0.1) is 0 Å². The van der Waals surface area contributed by atoms with Crippen LogP contribution in [0.3, 0.4) is 0 Å². The van der Waals surface area contributed by atoms with Crippen LogP contribution in [0.15, 0.2) is 49.1 Å². The van der Waals surface area contributed by atoms with Crippen LogP contribution < -0.4 is 11.1 Å². The summed E-state index contributed by atoms with van der Waals surface area (Å²) in [6, 6.07) is 7.41. The zero-order valence-electron chi connectivity index (χ0n) is 8.44. The first kappa shape index (κ1) is 11.2. The maximum absolute atomic E-state index is 11.3. The van der Waals surface area contributed by atoms with Crippen molar-refractivity contribution in [1.82, 2.24) is 0 Å². The summed E-state index contributed by atoms with van der Waals surface area (Å²) in [5.41, 5.74) is 7.25. The van der Waals surface area contributed by atoms with Gasteiger partial charge in [0.15, 0.2) is 0 Å². The molecule has 0 saturated heterocycles. The zero-order valence-corrected chi connectivity index (χ0v) is 8.44. The lowest BCUT2D eigenvalue weighted by Gasteiger charge is -2.02. The Labute approximate surface area is 89.3 Å². The average molecular weight is 202 g/mol. The number of nitrogens with two attached hydrogens (primary N) is 1. The molecule has 0 spiro atoms. The largest absolute Gasteiger partial charge is 0.326 e. The lowest BCUT2D eigenvalue weighted by Crippen LogP contribution is -2.07. The highest BCUT2D eigenvalue weighted by molar-refractivity contribution is 5.99. The van der Waals surface area contributed by atoms with Gasteiger partial charge in [-0.25, -0.2) is 0 Å². The first-order valence-corrected chi connectivity index (χ1v) is 4.65. The van der Waals surface area contributed by atoms with E-state index in [1.54, 1.807) is 12.2 Å². The van der Waals surface area contributed by atoms with E-state index in [9.17, 15) is 4.79 Å². The summed E-state index contributed by atoms with van der Waals surface area (Å²) < 4.78 is 0. The summed E-state index contributed by atoms with van der Waals surface area (Å²) in [5, 5.41) is 2.71. The molecule has 78 valence electrons. The molecule has 0 saturated carbocycles. The van der Waals surface area contributed by atoms with Crippen LogP contribution in [0.2, 0.25) is 0 Å². The Morgan fingerprint density at radius 2 is 2.07 bits per heavy atom. The van der Waals surface area contributed by atoms with Gasteiger partial charge < -0.3 is 11.1 Å². The fourth-order valence-electron chi connectivity index (χ4n) is 1.06. The summed E-state index contributed by atoms with van der Waals surface area (Å²) in [6.07, 6.45) is 4.56. The van der Waals surface area contributed by atoms with E-state index in [1.807, 2.05) is 24.3 Å². The van der Waals surface area contributed by atoms with Gasteiger partial charge in [0.1, 0.15) is 0 Å². The third-order valence-electron chi connectivity index (χ3n) is 1.84. The van der Waals surface area contributed by atoms with Gasteiger partial charge in [0.2, 0.25) is 5.91 Å². The second kappa shape index (κ2) is 5.78. The van der Waals surface area contributed by atoms with Crippen molar-refractivity contribution >= 4 is 11.6 Å². The van der Waals surface area contributed by atoms with Crippen molar-refractivity contribution in [2.45, 2.75) is 6.54 Å². The minimum Gasteiger partial charge on any atom is -0.326 e. The van der Waals surface area contributed by atoms with Crippen LogP contribution in [0, 0.1) is 0 Å². The molecular weight excluding hydrogens is 188 g/mol. The molecule has 1 amide bonds. The van der Waals surface area contributed by atoms with Crippen LogP contribution in [0.4, 0.5) is 5.69 Å². The molecule has 0 aliphatic heterocycles. The molecule has 0 bridgehead atoms. The summed E-state index contributed by atoms with van der Waals surface area (Å²) in [7, 11) is 0. The molecule has 0 radical (unpaired) electrons. The fraction of sp³-hybridized carbons (Fsp3) is 0.0833. The minimum absolute atomic E-state index is 0.171. The Balaban J connectivity index is 2.60. The van der Waals surface area contributed by atoms with Crippen LogP contribution in [-0.4, -0.2) is 5.91 Å². The van der Waals surface area contributed by atoms with Gasteiger partial charge >= 0.3 is 0 Å². The van der Waals surface area contributed by atoms with Crippen molar-refractivity contribution < 1.29 is 4.79 Å². The van der Waals surface area contributed by atoms with E-state index in [4.69, 9.17) is 5.73 Å². The molecular formula is C12H14N2O. The Morgan fingerprint density at radius 3 is 2.60 bits per heavy atom. The number of allylic oxidation sites excluding steroid dienone is 2. The smallest absolute Gasteiger partial charge is 0.248 e. The van der Waals surface area contributed by atoms with Crippen molar-refractivity contribution in [2.24, 2.45) is 5.73 Å². The third kappa shape index (κ3) is 3.79. The van der Waals surface area contributed by atoms with Crippen molar-refractivity contribution in [3.05, 3.63) is 54.6 Å². The van der Waals surface area contributed by atoms with Gasteiger partial charge in [-0.2, -0.15) is 0 Å². The van der Waals surface area contributed by atoms with E-state index < -0.39 is 0 Å². The number of nitrogens with one attached hydrogen (secondary N) is 1. The van der Waals surface area contributed by atoms with Gasteiger partial charge in [0.25, 0.3) is 0 Å². The number of hydrogen-bond donors (Lipinski definition) is 2. The molecule has 3 nitrogen and oxygen atoms in total. The predicted octanol–water partition coefficient (Wildman–Crippen LogP) is 1.83. The molecule has 0 heterocycles. The first-order valence-electron chi connectivity index (χ1n) is 4.65. The van der Waals surface area contributed by atoms with Crippen molar-refractivity contribution in [3.8, 4) is 0 Å². The van der Waals surface area contributed by atoms with Crippen LogP contribution in [0.5, 0.6) is 0 Å². The SMILES string of the molecule is C=CC=CC(=O)Nc1ccc(CN)cc1. The molecule has 0 unspecified atom stereocenters. The van der Waals surface area contributed by atoms with Crippen LogP contribution in [0.25, 0.3) is 0 Å². The number of carbonyl (C=O) groups excluding carboxylic acids is 1. The summed E-state index contributed by atoms with van der Waals surface area (Å²) in [4.78, 5) is 11.3. The molecule has 1 rings (SSSR count). The quantitative estimate of drug-likeness (QED) is 0.578. The topological polar surface area (TPSA) is 55.1 Å². The standard InChI is InChI=1S/C12H14N2O/c1-2-3-4-12(15)14-11-7-5-10(9-13)6-8-11/h2-8H,1,9,13H2,(H,14,15). The molecule has 0 atom stereocenters. The molecule has 1 aromatic rings. The molecule has 3 N–H and O–H groups in total. The van der Waals surface area contributed by atoms with Crippen molar-refractivity contribution in [1.29, 1.82) is 0 Å². The Morgan fingerprint density at radius 1 is 1.40 bits per heavy atom. The third-order valence-corrected chi connectivity index (χ3v) is 1.84. The van der Waals surface area contributed by atoms with E-state index in [1.165, 1.54) is 6.08 Å². The second-order valence-corrected chi connectivity index (χ2v) is 2.99. The van der Waals surface area contributed by atoms with Crippen molar-refractivity contribution in [2.75, 3.05) is 5.32 Å². The van der Waals surface area contributed by atoms with Gasteiger partial charge in [-0.3, -0.25) is 4.79 Å². The predicted molar refractivity (Wildman–Crippen MR) is 62.3 cm³/mol. The summed E-state index contributed by atoms with van der Waals surface area (Å²) in [6.45, 7) is 3.99. The van der Waals surface area contributed by atoms with E-state index in [0.29, 0.717) is 6.54 Å². The van der Waals surface area contributed by atoms with Gasteiger partial charge in [-0.1, -0.05) is 30.9 Å². The molecule has 0 aliphatic rings. The lowest BCUT2D eigenvalue weighted by atomic mass is 10.2. The normalized spacial score (nSPS) is 10.2.